The molecular formula is C11H20O3. The summed E-state index contributed by atoms with van der Waals surface area (Å²) < 4.78 is 11.0. The van der Waals surface area contributed by atoms with Crippen molar-refractivity contribution >= 4 is 5.78 Å². The van der Waals surface area contributed by atoms with Crippen molar-refractivity contribution in [1.29, 1.82) is 0 Å². The maximum absolute atomic E-state index is 10.9. The van der Waals surface area contributed by atoms with Crippen LogP contribution in [0.1, 0.15) is 39.5 Å². The van der Waals surface area contributed by atoms with Crippen molar-refractivity contribution in [2.75, 3.05) is 13.2 Å². The summed E-state index contributed by atoms with van der Waals surface area (Å²) >= 11 is 0. The number of ether oxygens (including phenoxy) is 2. The second-order valence-electron chi connectivity index (χ2n) is 3.84. The van der Waals surface area contributed by atoms with Crippen LogP contribution in [-0.4, -0.2) is 25.3 Å². The standard InChI is InChI=1S/C11H20O3/c1-3-13-11-10(5-4-8-14-11)7-6-9(2)12/h10-11H,3-8H2,1-2H3. The van der Waals surface area contributed by atoms with Crippen molar-refractivity contribution in [1.82, 2.24) is 0 Å². The van der Waals surface area contributed by atoms with Gasteiger partial charge in [-0.05, 0) is 33.1 Å². The summed E-state index contributed by atoms with van der Waals surface area (Å²) in [4.78, 5) is 10.9. The van der Waals surface area contributed by atoms with E-state index in [0.717, 1.165) is 25.9 Å². The Morgan fingerprint density at radius 2 is 2.36 bits per heavy atom. The predicted octanol–water partition coefficient (Wildman–Crippen LogP) is 2.14. The Morgan fingerprint density at radius 1 is 1.57 bits per heavy atom. The summed E-state index contributed by atoms with van der Waals surface area (Å²) in [5.41, 5.74) is 0. The van der Waals surface area contributed by atoms with E-state index in [1.54, 1.807) is 6.92 Å². The Bertz CT molecular complexity index is 177. The summed E-state index contributed by atoms with van der Waals surface area (Å²) in [6, 6.07) is 0. The van der Waals surface area contributed by atoms with Crippen molar-refractivity contribution < 1.29 is 14.3 Å². The number of hydrogen-bond acceptors (Lipinski definition) is 3. The van der Waals surface area contributed by atoms with Crippen LogP contribution in [0.3, 0.4) is 0 Å². The van der Waals surface area contributed by atoms with Gasteiger partial charge in [0.15, 0.2) is 6.29 Å². The highest BCUT2D eigenvalue weighted by molar-refractivity contribution is 5.75. The SMILES string of the molecule is CCOC1OCCCC1CCC(C)=O. The molecule has 0 bridgehead atoms. The molecule has 1 heterocycles. The number of carbonyl (C=O) groups is 1. The zero-order valence-corrected chi connectivity index (χ0v) is 9.12. The van der Waals surface area contributed by atoms with Crippen LogP contribution < -0.4 is 0 Å². The number of hydrogen-bond donors (Lipinski definition) is 0. The minimum absolute atomic E-state index is 0.0758. The van der Waals surface area contributed by atoms with Crippen LogP contribution in [0, 0.1) is 5.92 Å². The first-order chi connectivity index (χ1) is 6.74. The molecule has 2 unspecified atom stereocenters. The highest BCUT2D eigenvalue weighted by atomic mass is 16.7. The molecule has 3 heteroatoms. The molecule has 1 aliphatic rings. The third-order valence-corrected chi connectivity index (χ3v) is 2.58. The zero-order chi connectivity index (χ0) is 10.4. The smallest absolute Gasteiger partial charge is 0.160 e. The van der Waals surface area contributed by atoms with Gasteiger partial charge in [0, 0.05) is 25.6 Å². The van der Waals surface area contributed by atoms with Gasteiger partial charge in [0.2, 0.25) is 0 Å². The Kier molecular flexibility index (Phi) is 5.12. The fraction of sp³-hybridized carbons (Fsp3) is 0.909. The molecule has 0 aromatic heterocycles. The van der Waals surface area contributed by atoms with Crippen molar-refractivity contribution in [3.8, 4) is 0 Å². The lowest BCUT2D eigenvalue weighted by Gasteiger charge is -2.31. The Labute approximate surface area is 85.8 Å². The monoisotopic (exact) mass is 200 g/mol. The molecule has 0 spiro atoms. The highest BCUT2D eigenvalue weighted by Gasteiger charge is 2.26. The van der Waals surface area contributed by atoms with E-state index in [0.29, 0.717) is 18.9 Å². The summed E-state index contributed by atoms with van der Waals surface area (Å²) in [6.07, 6.45) is 3.69. The van der Waals surface area contributed by atoms with Gasteiger partial charge >= 0.3 is 0 Å². The third kappa shape index (κ3) is 3.76. The average molecular weight is 200 g/mol. The minimum Gasteiger partial charge on any atom is -0.353 e. The van der Waals surface area contributed by atoms with Crippen LogP contribution in [0.2, 0.25) is 0 Å². The Balaban J connectivity index is 2.33. The van der Waals surface area contributed by atoms with Gasteiger partial charge in [0.1, 0.15) is 5.78 Å². The van der Waals surface area contributed by atoms with Crippen molar-refractivity contribution in [2.45, 2.75) is 45.8 Å². The fourth-order valence-corrected chi connectivity index (χ4v) is 1.83. The molecule has 1 rings (SSSR count). The van der Waals surface area contributed by atoms with Crippen LogP contribution in [0.15, 0.2) is 0 Å². The Morgan fingerprint density at radius 3 is 3.00 bits per heavy atom. The van der Waals surface area contributed by atoms with Crippen molar-refractivity contribution in [3.63, 3.8) is 0 Å². The average Bonchev–Trinajstić information content (AvgIpc) is 2.17. The highest BCUT2D eigenvalue weighted by Crippen LogP contribution is 2.25. The van der Waals surface area contributed by atoms with E-state index >= 15 is 0 Å². The number of ketones is 1. The largest absolute Gasteiger partial charge is 0.353 e. The molecule has 3 nitrogen and oxygen atoms in total. The summed E-state index contributed by atoms with van der Waals surface area (Å²) in [5.74, 6) is 0.665. The first-order valence-corrected chi connectivity index (χ1v) is 5.46. The number of carbonyl (C=O) groups excluding carboxylic acids is 1. The molecule has 0 saturated carbocycles. The minimum atomic E-state index is -0.0758. The molecule has 1 aliphatic heterocycles. The third-order valence-electron chi connectivity index (χ3n) is 2.58. The summed E-state index contributed by atoms with van der Waals surface area (Å²) in [7, 11) is 0. The lowest BCUT2D eigenvalue weighted by Crippen LogP contribution is -2.32. The van der Waals surface area contributed by atoms with Gasteiger partial charge in [-0.2, -0.15) is 0 Å². The zero-order valence-electron chi connectivity index (χ0n) is 9.12. The van der Waals surface area contributed by atoms with Gasteiger partial charge in [-0.25, -0.2) is 0 Å². The van der Waals surface area contributed by atoms with Crippen LogP contribution >= 0.6 is 0 Å². The lowest BCUT2D eigenvalue weighted by molar-refractivity contribution is -0.191. The van der Waals surface area contributed by atoms with Crippen LogP contribution in [0.4, 0.5) is 0 Å². The second-order valence-corrected chi connectivity index (χ2v) is 3.84. The van der Waals surface area contributed by atoms with E-state index in [9.17, 15) is 4.79 Å². The molecule has 0 radical (unpaired) electrons. The molecule has 2 atom stereocenters. The number of Topliss-reactive ketones (excluding diaryl/α,β-unsaturated/α-hetero) is 1. The molecule has 0 amide bonds. The topological polar surface area (TPSA) is 35.5 Å². The molecule has 1 saturated heterocycles. The molecule has 0 N–H and O–H groups in total. The first-order valence-electron chi connectivity index (χ1n) is 5.46. The van der Waals surface area contributed by atoms with Crippen molar-refractivity contribution in [2.24, 2.45) is 5.92 Å². The van der Waals surface area contributed by atoms with Gasteiger partial charge < -0.3 is 14.3 Å². The number of rotatable bonds is 5. The van der Waals surface area contributed by atoms with E-state index in [-0.39, 0.29) is 12.1 Å². The molecule has 14 heavy (non-hydrogen) atoms. The normalized spacial score (nSPS) is 27.6. The molecule has 82 valence electrons. The molecule has 0 aromatic rings. The van der Waals surface area contributed by atoms with Gasteiger partial charge in [0.25, 0.3) is 0 Å². The lowest BCUT2D eigenvalue weighted by atomic mass is 9.94. The molecule has 0 aliphatic carbocycles. The quantitative estimate of drug-likeness (QED) is 0.682. The van der Waals surface area contributed by atoms with E-state index in [4.69, 9.17) is 9.47 Å². The van der Waals surface area contributed by atoms with E-state index in [1.807, 2.05) is 6.92 Å². The van der Waals surface area contributed by atoms with Gasteiger partial charge in [-0.3, -0.25) is 0 Å². The molecular weight excluding hydrogens is 180 g/mol. The van der Waals surface area contributed by atoms with E-state index in [1.165, 1.54) is 0 Å². The summed E-state index contributed by atoms with van der Waals surface area (Å²) in [5, 5.41) is 0. The van der Waals surface area contributed by atoms with Crippen molar-refractivity contribution in [3.05, 3.63) is 0 Å². The molecule has 1 fully saturated rings. The van der Waals surface area contributed by atoms with Crippen LogP contribution in [-0.2, 0) is 14.3 Å². The van der Waals surface area contributed by atoms with Crippen LogP contribution in [0.25, 0.3) is 0 Å². The summed E-state index contributed by atoms with van der Waals surface area (Å²) in [6.45, 7) is 5.09. The van der Waals surface area contributed by atoms with Gasteiger partial charge in [-0.15, -0.1) is 0 Å². The van der Waals surface area contributed by atoms with Gasteiger partial charge in [-0.1, -0.05) is 0 Å². The van der Waals surface area contributed by atoms with E-state index in [2.05, 4.69) is 0 Å². The van der Waals surface area contributed by atoms with Crippen LogP contribution in [0.5, 0.6) is 0 Å². The fourth-order valence-electron chi connectivity index (χ4n) is 1.83. The van der Waals surface area contributed by atoms with Gasteiger partial charge in [0.05, 0.1) is 0 Å². The predicted molar refractivity (Wildman–Crippen MR) is 54.0 cm³/mol. The maximum atomic E-state index is 10.9. The first kappa shape index (κ1) is 11.7. The second kappa shape index (κ2) is 6.14. The maximum Gasteiger partial charge on any atom is 0.160 e. The Hall–Kier alpha value is -0.410. The van der Waals surface area contributed by atoms with E-state index < -0.39 is 0 Å². The molecule has 0 aromatic carbocycles.